The van der Waals surface area contributed by atoms with E-state index in [0.29, 0.717) is 6.54 Å². The lowest BCUT2D eigenvalue weighted by molar-refractivity contribution is -0.137. The third-order valence-corrected chi connectivity index (χ3v) is 2.75. The number of nitrogens with zero attached hydrogens (tertiary/aromatic N) is 2. The molecule has 0 saturated carbocycles. The Morgan fingerprint density at radius 1 is 1.32 bits per heavy atom. The first kappa shape index (κ1) is 14.9. The zero-order chi connectivity index (χ0) is 14.4. The molecule has 0 bridgehead atoms. The molecular formula is C13H17FN2O3. The smallest absolute Gasteiger partial charge is 0.324 e. The highest BCUT2D eigenvalue weighted by atomic mass is 19.1. The fourth-order valence-electron chi connectivity index (χ4n) is 1.66. The monoisotopic (exact) mass is 268 g/mol. The summed E-state index contributed by atoms with van der Waals surface area (Å²) in [5, 5.41) is 8.63. The number of hydrogen-bond donors (Lipinski definition) is 1. The second-order valence-electron chi connectivity index (χ2n) is 4.02. The van der Waals surface area contributed by atoms with Crippen LogP contribution in [0.3, 0.4) is 0 Å². The minimum absolute atomic E-state index is 0.101. The summed E-state index contributed by atoms with van der Waals surface area (Å²) in [6.45, 7) is 2.21. The van der Waals surface area contributed by atoms with E-state index in [-0.39, 0.29) is 18.7 Å². The number of hydrogen-bond acceptors (Lipinski definition) is 2. The molecule has 0 aromatic heterocycles. The summed E-state index contributed by atoms with van der Waals surface area (Å²) < 4.78 is 13.6. The predicted molar refractivity (Wildman–Crippen MR) is 69.7 cm³/mol. The maximum atomic E-state index is 13.6. The van der Waals surface area contributed by atoms with E-state index in [1.807, 2.05) is 0 Å². The number of carboxylic acid groups (broad SMARTS) is 1. The van der Waals surface area contributed by atoms with E-state index >= 15 is 0 Å². The van der Waals surface area contributed by atoms with E-state index < -0.39 is 17.8 Å². The van der Waals surface area contributed by atoms with Gasteiger partial charge in [0.25, 0.3) is 0 Å². The molecule has 1 aromatic rings. The first-order valence-corrected chi connectivity index (χ1v) is 5.96. The molecule has 104 valence electrons. The number of benzene rings is 1. The van der Waals surface area contributed by atoms with Gasteiger partial charge in [0.2, 0.25) is 0 Å². The van der Waals surface area contributed by atoms with Crippen LogP contribution in [0.5, 0.6) is 0 Å². The Labute approximate surface area is 111 Å². The third-order valence-electron chi connectivity index (χ3n) is 2.75. The van der Waals surface area contributed by atoms with Crippen molar-refractivity contribution in [2.45, 2.75) is 13.3 Å². The molecule has 0 radical (unpaired) electrons. The molecule has 0 spiro atoms. The standard InChI is InChI=1S/C13H17FN2O3/c1-3-16(9-8-12(17)18)13(19)15(2)11-7-5-4-6-10(11)14/h4-7H,3,8-9H2,1-2H3,(H,17,18). The van der Waals surface area contributed by atoms with Crippen LogP contribution in [-0.4, -0.2) is 42.1 Å². The maximum absolute atomic E-state index is 13.6. The van der Waals surface area contributed by atoms with Gasteiger partial charge in [0.15, 0.2) is 0 Å². The lowest BCUT2D eigenvalue weighted by Gasteiger charge is -2.27. The SMILES string of the molecule is CCN(CCC(=O)O)C(=O)N(C)c1ccccc1F. The Balaban J connectivity index is 2.80. The zero-order valence-corrected chi connectivity index (χ0v) is 11.0. The van der Waals surface area contributed by atoms with Gasteiger partial charge < -0.3 is 10.0 Å². The molecule has 0 aliphatic heterocycles. The number of para-hydroxylation sites is 1. The van der Waals surface area contributed by atoms with Gasteiger partial charge in [-0.15, -0.1) is 0 Å². The molecule has 0 unspecified atom stereocenters. The summed E-state index contributed by atoms with van der Waals surface area (Å²) in [5.41, 5.74) is 0.168. The molecule has 0 fully saturated rings. The Morgan fingerprint density at radius 2 is 1.95 bits per heavy atom. The molecular weight excluding hydrogens is 251 g/mol. The van der Waals surface area contributed by atoms with E-state index in [2.05, 4.69) is 0 Å². The molecule has 1 N–H and O–H groups in total. The van der Waals surface area contributed by atoms with Crippen LogP contribution >= 0.6 is 0 Å². The minimum atomic E-state index is -0.972. The predicted octanol–water partition coefficient (Wildman–Crippen LogP) is 2.18. The minimum Gasteiger partial charge on any atom is -0.481 e. The van der Waals surface area contributed by atoms with Crippen molar-refractivity contribution in [2.75, 3.05) is 25.0 Å². The number of carboxylic acids is 1. The number of rotatable bonds is 5. The van der Waals surface area contributed by atoms with Crippen molar-refractivity contribution in [3.63, 3.8) is 0 Å². The van der Waals surface area contributed by atoms with Gasteiger partial charge in [-0.1, -0.05) is 12.1 Å². The Morgan fingerprint density at radius 3 is 2.47 bits per heavy atom. The molecule has 1 rings (SSSR count). The number of amides is 2. The van der Waals surface area contributed by atoms with Crippen molar-refractivity contribution in [1.82, 2.24) is 4.90 Å². The topological polar surface area (TPSA) is 60.9 Å². The average Bonchev–Trinajstić information content (AvgIpc) is 2.38. The van der Waals surface area contributed by atoms with Crippen LogP contribution in [0.25, 0.3) is 0 Å². The van der Waals surface area contributed by atoms with Gasteiger partial charge in [-0.2, -0.15) is 0 Å². The highest BCUT2D eigenvalue weighted by molar-refractivity contribution is 5.91. The lowest BCUT2D eigenvalue weighted by Crippen LogP contribution is -2.42. The highest BCUT2D eigenvalue weighted by Gasteiger charge is 2.20. The number of carbonyl (C=O) groups is 2. The summed E-state index contributed by atoms with van der Waals surface area (Å²) >= 11 is 0. The van der Waals surface area contributed by atoms with Gasteiger partial charge in [-0.05, 0) is 19.1 Å². The summed E-state index contributed by atoms with van der Waals surface area (Å²) in [5.74, 6) is -1.47. The van der Waals surface area contributed by atoms with Crippen molar-refractivity contribution in [3.8, 4) is 0 Å². The normalized spacial score (nSPS) is 10.1. The van der Waals surface area contributed by atoms with E-state index in [4.69, 9.17) is 5.11 Å². The number of aliphatic carboxylic acids is 1. The van der Waals surface area contributed by atoms with Crippen molar-refractivity contribution in [1.29, 1.82) is 0 Å². The number of carbonyl (C=O) groups excluding carboxylic acids is 1. The summed E-state index contributed by atoms with van der Waals surface area (Å²) in [4.78, 5) is 25.2. The van der Waals surface area contributed by atoms with Crippen LogP contribution in [0, 0.1) is 5.82 Å². The second kappa shape index (κ2) is 6.72. The van der Waals surface area contributed by atoms with Gasteiger partial charge in [0.1, 0.15) is 5.82 Å². The largest absolute Gasteiger partial charge is 0.481 e. The van der Waals surface area contributed by atoms with E-state index in [9.17, 15) is 14.0 Å². The lowest BCUT2D eigenvalue weighted by atomic mass is 10.3. The van der Waals surface area contributed by atoms with Gasteiger partial charge in [-0.3, -0.25) is 9.69 Å². The van der Waals surface area contributed by atoms with Crippen LogP contribution < -0.4 is 4.90 Å². The van der Waals surface area contributed by atoms with Gasteiger partial charge in [-0.25, -0.2) is 9.18 Å². The molecule has 5 nitrogen and oxygen atoms in total. The summed E-state index contributed by atoms with van der Waals surface area (Å²) in [7, 11) is 1.46. The van der Waals surface area contributed by atoms with E-state index in [1.165, 1.54) is 29.0 Å². The molecule has 2 amide bonds. The van der Waals surface area contributed by atoms with E-state index in [1.54, 1.807) is 19.1 Å². The molecule has 1 aromatic carbocycles. The summed E-state index contributed by atoms with van der Waals surface area (Å²) in [6, 6.07) is 5.52. The van der Waals surface area contributed by atoms with Gasteiger partial charge in [0.05, 0.1) is 12.1 Å². The average molecular weight is 268 g/mol. The first-order chi connectivity index (χ1) is 8.97. The quantitative estimate of drug-likeness (QED) is 0.890. The fraction of sp³-hybridized carbons (Fsp3) is 0.385. The Bertz CT molecular complexity index is 465. The molecule has 19 heavy (non-hydrogen) atoms. The molecule has 0 saturated heterocycles. The number of anilines is 1. The van der Waals surface area contributed by atoms with Gasteiger partial charge in [0, 0.05) is 20.1 Å². The Hall–Kier alpha value is -2.11. The van der Waals surface area contributed by atoms with Crippen molar-refractivity contribution in [2.24, 2.45) is 0 Å². The van der Waals surface area contributed by atoms with Crippen LogP contribution in [0.2, 0.25) is 0 Å². The van der Waals surface area contributed by atoms with Crippen molar-refractivity contribution in [3.05, 3.63) is 30.1 Å². The second-order valence-corrected chi connectivity index (χ2v) is 4.02. The Kier molecular flexibility index (Phi) is 5.29. The molecule has 6 heteroatoms. The van der Waals surface area contributed by atoms with Crippen LogP contribution in [-0.2, 0) is 4.79 Å². The molecule has 0 heterocycles. The first-order valence-electron chi connectivity index (χ1n) is 5.96. The van der Waals surface area contributed by atoms with Crippen molar-refractivity contribution < 1.29 is 19.1 Å². The molecule has 0 aliphatic rings. The maximum Gasteiger partial charge on any atom is 0.324 e. The fourth-order valence-corrected chi connectivity index (χ4v) is 1.66. The van der Waals surface area contributed by atoms with Crippen LogP contribution in [0.1, 0.15) is 13.3 Å². The van der Waals surface area contributed by atoms with E-state index in [0.717, 1.165) is 0 Å². The van der Waals surface area contributed by atoms with Crippen LogP contribution in [0.15, 0.2) is 24.3 Å². The number of halogens is 1. The summed E-state index contributed by atoms with van der Waals surface area (Å²) in [6.07, 6.45) is -0.134. The number of urea groups is 1. The van der Waals surface area contributed by atoms with Crippen LogP contribution in [0.4, 0.5) is 14.9 Å². The third kappa shape index (κ3) is 3.94. The zero-order valence-electron chi connectivity index (χ0n) is 11.0. The van der Waals surface area contributed by atoms with Crippen molar-refractivity contribution >= 4 is 17.7 Å². The van der Waals surface area contributed by atoms with Gasteiger partial charge >= 0.3 is 12.0 Å². The highest BCUT2D eigenvalue weighted by Crippen LogP contribution is 2.18. The molecule has 0 aliphatic carbocycles. The molecule has 0 atom stereocenters.